The van der Waals surface area contributed by atoms with E-state index in [-0.39, 0.29) is 18.4 Å². The molecule has 0 aromatic heterocycles. The Hall–Kier alpha value is -1.55. The van der Waals surface area contributed by atoms with Crippen LogP contribution in [0.15, 0.2) is 18.2 Å². The second-order valence-electron chi connectivity index (χ2n) is 5.19. The quantitative estimate of drug-likeness (QED) is 0.382. The van der Waals surface area contributed by atoms with Crippen LogP contribution in [0.3, 0.4) is 0 Å². The predicted octanol–water partition coefficient (Wildman–Crippen LogP) is 4.46. The van der Waals surface area contributed by atoms with Gasteiger partial charge in [0.2, 0.25) is 0 Å². The molecule has 0 N–H and O–H groups in total. The standard InChI is InChI=1S/C17H23ClO4/c1-3-4-11-21-16(19)7-5-6-8-17(20)22-15-12-13(2)9-10-14(15)18/h9-10,12H,3-8,11H2,1-2H3. The number of carbonyl (C=O) groups is 2. The summed E-state index contributed by atoms with van der Waals surface area (Å²) in [6, 6.07) is 5.28. The highest BCUT2D eigenvalue weighted by Crippen LogP contribution is 2.25. The maximum absolute atomic E-state index is 11.7. The smallest absolute Gasteiger partial charge is 0.311 e. The van der Waals surface area contributed by atoms with Crippen LogP contribution in [0.1, 0.15) is 51.0 Å². The van der Waals surface area contributed by atoms with Gasteiger partial charge in [-0.15, -0.1) is 0 Å². The highest BCUT2D eigenvalue weighted by Gasteiger charge is 2.09. The van der Waals surface area contributed by atoms with E-state index >= 15 is 0 Å². The van der Waals surface area contributed by atoms with E-state index in [1.54, 1.807) is 12.1 Å². The first-order chi connectivity index (χ1) is 10.5. The molecular weight excluding hydrogens is 304 g/mol. The number of hydrogen-bond acceptors (Lipinski definition) is 4. The lowest BCUT2D eigenvalue weighted by Gasteiger charge is -2.07. The van der Waals surface area contributed by atoms with Gasteiger partial charge in [0.05, 0.1) is 11.6 Å². The van der Waals surface area contributed by atoms with E-state index in [1.807, 2.05) is 19.9 Å². The van der Waals surface area contributed by atoms with Crippen molar-refractivity contribution in [1.29, 1.82) is 0 Å². The average molecular weight is 327 g/mol. The van der Waals surface area contributed by atoms with Crippen molar-refractivity contribution in [2.24, 2.45) is 0 Å². The van der Waals surface area contributed by atoms with Gasteiger partial charge in [-0.05, 0) is 43.9 Å². The molecule has 0 atom stereocenters. The molecule has 1 aromatic rings. The molecule has 1 rings (SSSR count). The molecule has 1 aromatic carbocycles. The lowest BCUT2D eigenvalue weighted by Crippen LogP contribution is -2.09. The minimum atomic E-state index is -0.341. The minimum absolute atomic E-state index is 0.205. The van der Waals surface area contributed by atoms with Crippen molar-refractivity contribution in [2.45, 2.75) is 52.4 Å². The number of benzene rings is 1. The Morgan fingerprint density at radius 3 is 2.45 bits per heavy atom. The SMILES string of the molecule is CCCCOC(=O)CCCCC(=O)Oc1cc(C)ccc1Cl. The van der Waals surface area contributed by atoms with Gasteiger partial charge in [0, 0.05) is 12.8 Å². The number of ether oxygens (including phenoxy) is 2. The summed E-state index contributed by atoms with van der Waals surface area (Å²) in [4.78, 5) is 23.1. The van der Waals surface area contributed by atoms with E-state index in [0.29, 0.717) is 36.6 Å². The fourth-order valence-corrected chi connectivity index (χ4v) is 1.96. The summed E-state index contributed by atoms with van der Waals surface area (Å²) in [6.07, 6.45) is 3.68. The van der Waals surface area contributed by atoms with Crippen LogP contribution in [0.2, 0.25) is 5.02 Å². The van der Waals surface area contributed by atoms with Gasteiger partial charge in [0.25, 0.3) is 0 Å². The Balaban J connectivity index is 2.21. The van der Waals surface area contributed by atoms with Gasteiger partial charge in [-0.1, -0.05) is 31.0 Å². The van der Waals surface area contributed by atoms with Crippen LogP contribution >= 0.6 is 11.6 Å². The third-order valence-electron chi connectivity index (χ3n) is 3.08. The van der Waals surface area contributed by atoms with Crippen LogP contribution in [0, 0.1) is 6.92 Å². The van der Waals surface area contributed by atoms with E-state index < -0.39 is 0 Å². The van der Waals surface area contributed by atoms with Crippen LogP contribution in [0.25, 0.3) is 0 Å². The number of unbranched alkanes of at least 4 members (excludes halogenated alkanes) is 2. The largest absolute Gasteiger partial charge is 0.466 e. The van der Waals surface area contributed by atoms with Crippen molar-refractivity contribution in [3.63, 3.8) is 0 Å². The minimum Gasteiger partial charge on any atom is -0.466 e. The van der Waals surface area contributed by atoms with E-state index in [1.165, 1.54) is 0 Å². The summed E-state index contributed by atoms with van der Waals surface area (Å²) in [5.41, 5.74) is 0.974. The summed E-state index contributed by atoms with van der Waals surface area (Å²) in [6.45, 7) is 4.42. The molecule has 0 radical (unpaired) electrons. The molecule has 0 fully saturated rings. The molecule has 22 heavy (non-hydrogen) atoms. The number of hydrogen-bond donors (Lipinski definition) is 0. The number of aryl methyl sites for hydroxylation is 1. The van der Waals surface area contributed by atoms with E-state index in [4.69, 9.17) is 21.1 Å². The van der Waals surface area contributed by atoms with Crippen molar-refractivity contribution >= 4 is 23.5 Å². The third-order valence-corrected chi connectivity index (χ3v) is 3.40. The fraction of sp³-hybridized carbons (Fsp3) is 0.529. The maximum Gasteiger partial charge on any atom is 0.311 e. The lowest BCUT2D eigenvalue weighted by molar-refractivity contribution is -0.144. The molecule has 0 heterocycles. The molecule has 0 bridgehead atoms. The second kappa shape index (κ2) is 10.2. The molecule has 0 spiro atoms. The molecule has 4 nitrogen and oxygen atoms in total. The Morgan fingerprint density at radius 1 is 1.09 bits per heavy atom. The molecule has 122 valence electrons. The molecule has 5 heteroatoms. The summed E-state index contributed by atoms with van der Waals surface area (Å²) in [7, 11) is 0. The Labute approximate surface area is 136 Å². The van der Waals surface area contributed by atoms with Gasteiger partial charge >= 0.3 is 11.9 Å². The molecule has 0 aliphatic carbocycles. The van der Waals surface area contributed by atoms with Crippen LogP contribution < -0.4 is 4.74 Å². The fourth-order valence-electron chi connectivity index (χ4n) is 1.80. The zero-order valence-electron chi connectivity index (χ0n) is 13.2. The average Bonchev–Trinajstić information content (AvgIpc) is 2.48. The third kappa shape index (κ3) is 7.46. The number of rotatable bonds is 9. The normalized spacial score (nSPS) is 10.3. The van der Waals surface area contributed by atoms with Crippen LogP contribution in [0.4, 0.5) is 0 Å². The summed E-state index contributed by atoms with van der Waals surface area (Å²) in [5, 5.41) is 0.415. The summed E-state index contributed by atoms with van der Waals surface area (Å²) < 4.78 is 10.3. The van der Waals surface area contributed by atoms with Crippen molar-refractivity contribution < 1.29 is 19.1 Å². The maximum atomic E-state index is 11.7. The van der Waals surface area contributed by atoms with Crippen LogP contribution in [-0.2, 0) is 14.3 Å². The number of esters is 2. The zero-order valence-corrected chi connectivity index (χ0v) is 13.9. The van der Waals surface area contributed by atoms with Gasteiger partial charge in [-0.2, -0.15) is 0 Å². The van der Waals surface area contributed by atoms with Gasteiger partial charge in [0.1, 0.15) is 5.75 Å². The molecule has 0 amide bonds. The summed E-state index contributed by atoms with van der Waals surface area (Å²) >= 11 is 5.97. The predicted molar refractivity (Wildman–Crippen MR) is 86.2 cm³/mol. The van der Waals surface area contributed by atoms with Gasteiger partial charge in [-0.25, -0.2) is 0 Å². The van der Waals surface area contributed by atoms with Gasteiger partial charge < -0.3 is 9.47 Å². The molecule has 0 aliphatic heterocycles. The first-order valence-corrected chi connectivity index (χ1v) is 8.03. The first-order valence-electron chi connectivity index (χ1n) is 7.65. The highest BCUT2D eigenvalue weighted by atomic mass is 35.5. The Kier molecular flexibility index (Phi) is 8.60. The molecule has 0 saturated carbocycles. The van der Waals surface area contributed by atoms with Crippen molar-refractivity contribution in [1.82, 2.24) is 0 Å². The second-order valence-corrected chi connectivity index (χ2v) is 5.60. The van der Waals surface area contributed by atoms with E-state index in [0.717, 1.165) is 18.4 Å². The number of halogens is 1. The van der Waals surface area contributed by atoms with Gasteiger partial charge in [-0.3, -0.25) is 9.59 Å². The highest BCUT2D eigenvalue weighted by molar-refractivity contribution is 6.32. The monoisotopic (exact) mass is 326 g/mol. The van der Waals surface area contributed by atoms with Gasteiger partial charge in [0.15, 0.2) is 0 Å². The van der Waals surface area contributed by atoms with Crippen molar-refractivity contribution in [3.05, 3.63) is 28.8 Å². The Bertz CT molecular complexity index is 499. The molecule has 0 unspecified atom stereocenters. The number of carbonyl (C=O) groups excluding carboxylic acids is 2. The van der Waals surface area contributed by atoms with E-state index in [9.17, 15) is 9.59 Å². The first kappa shape index (κ1) is 18.5. The van der Waals surface area contributed by atoms with Crippen LogP contribution in [0.5, 0.6) is 5.75 Å². The van der Waals surface area contributed by atoms with Crippen molar-refractivity contribution in [2.75, 3.05) is 6.61 Å². The zero-order chi connectivity index (χ0) is 16.4. The summed E-state index contributed by atoms with van der Waals surface area (Å²) in [5.74, 6) is -0.166. The lowest BCUT2D eigenvalue weighted by atomic mass is 10.2. The van der Waals surface area contributed by atoms with E-state index in [2.05, 4.69) is 0 Å². The topological polar surface area (TPSA) is 52.6 Å². The Morgan fingerprint density at radius 2 is 1.77 bits per heavy atom. The van der Waals surface area contributed by atoms with Crippen LogP contribution in [-0.4, -0.2) is 18.5 Å². The molecule has 0 saturated heterocycles. The molecular formula is C17H23ClO4. The molecule has 0 aliphatic rings. The van der Waals surface area contributed by atoms with Crippen molar-refractivity contribution in [3.8, 4) is 5.75 Å².